The Bertz CT molecular complexity index is 1680. The van der Waals surface area contributed by atoms with Crippen LogP contribution in [0.25, 0.3) is 0 Å². The summed E-state index contributed by atoms with van der Waals surface area (Å²) in [5.41, 5.74) is -6.41. The Morgan fingerprint density at radius 3 is 2.20 bits per heavy atom. The molecule has 6 aliphatic rings. The fourth-order valence-corrected chi connectivity index (χ4v) is 10.7. The first kappa shape index (κ1) is 29.7. The molecule has 2 aliphatic carbocycles. The van der Waals surface area contributed by atoms with E-state index >= 15 is 0 Å². The normalized spacial score (nSPS) is 44.7. The van der Waals surface area contributed by atoms with Gasteiger partial charge in [-0.15, -0.1) is 0 Å². The highest BCUT2D eigenvalue weighted by Gasteiger charge is 3.04. The van der Waals surface area contributed by atoms with E-state index in [0.29, 0.717) is 16.7 Å². The summed E-state index contributed by atoms with van der Waals surface area (Å²) < 4.78 is 30.6. The number of aliphatic hydroxyl groups excluding tert-OH is 1. The minimum atomic E-state index is -2.17. The van der Waals surface area contributed by atoms with Crippen LogP contribution < -0.4 is 0 Å². The lowest BCUT2D eigenvalue weighted by Gasteiger charge is -2.49. The lowest BCUT2D eigenvalue weighted by Crippen LogP contribution is -2.67. The maximum atomic E-state index is 14.1. The maximum Gasteiger partial charge on any atom is 0.343 e. The molecule has 0 bridgehead atoms. The number of aliphatic hydroxyl groups is 2. The van der Waals surface area contributed by atoms with Crippen LogP contribution in [0.1, 0.15) is 56.1 Å². The Hall–Kier alpha value is -3.64. The van der Waals surface area contributed by atoms with Crippen LogP contribution >= 0.6 is 0 Å². The molecule has 0 aromatic heterocycles. The van der Waals surface area contributed by atoms with Gasteiger partial charge in [-0.25, -0.2) is 9.59 Å². The number of hydrogen-bond donors (Lipinski definition) is 2. The number of ether oxygens (including phenoxy) is 5. The summed E-state index contributed by atoms with van der Waals surface area (Å²) in [5.74, 6) is -5.22. The van der Waals surface area contributed by atoms with Crippen molar-refractivity contribution in [3.8, 4) is 0 Å². The molecule has 242 valence electrons. The minimum absolute atomic E-state index is 0.0724. The largest absolute Gasteiger partial charge is 0.459 e. The van der Waals surface area contributed by atoms with E-state index in [0.717, 1.165) is 0 Å². The number of hydrogen-bond acceptors (Lipinski definition) is 11. The van der Waals surface area contributed by atoms with E-state index in [-0.39, 0.29) is 12.4 Å². The van der Waals surface area contributed by atoms with Gasteiger partial charge in [0.05, 0.1) is 29.5 Å². The lowest BCUT2D eigenvalue weighted by molar-refractivity contribution is -0.239. The Kier molecular flexibility index (Phi) is 5.84. The summed E-state index contributed by atoms with van der Waals surface area (Å²) in [5, 5.41) is 24.6. The molecule has 2 N–H and O–H groups in total. The van der Waals surface area contributed by atoms with Crippen LogP contribution in [0.4, 0.5) is 0 Å². The zero-order valence-electron chi connectivity index (χ0n) is 26.1. The van der Waals surface area contributed by atoms with Gasteiger partial charge in [-0.2, -0.15) is 0 Å². The quantitative estimate of drug-likeness (QED) is 0.284. The average molecular weight is 633 g/mol. The van der Waals surface area contributed by atoms with Gasteiger partial charge in [0.1, 0.15) is 12.2 Å². The highest BCUT2D eigenvalue weighted by molar-refractivity contribution is 6.09. The van der Waals surface area contributed by atoms with E-state index in [9.17, 15) is 29.4 Å². The molecule has 2 saturated carbocycles. The van der Waals surface area contributed by atoms with Gasteiger partial charge in [-0.1, -0.05) is 82.3 Å². The molecule has 5 unspecified atom stereocenters. The topological polar surface area (TPSA) is 155 Å². The van der Waals surface area contributed by atoms with Crippen LogP contribution in [0.5, 0.6) is 0 Å². The Morgan fingerprint density at radius 1 is 0.891 bits per heavy atom. The summed E-state index contributed by atoms with van der Waals surface area (Å²) >= 11 is 0. The molecular formula is C35H36O11. The molecule has 4 aliphatic heterocycles. The number of esters is 3. The van der Waals surface area contributed by atoms with E-state index in [2.05, 4.69) is 0 Å². The summed E-state index contributed by atoms with van der Waals surface area (Å²) in [6, 6.07) is 15.8. The lowest BCUT2D eigenvalue weighted by atomic mass is 9.49. The van der Waals surface area contributed by atoms with Gasteiger partial charge in [0.25, 0.3) is 0 Å². The third-order valence-electron chi connectivity index (χ3n) is 12.0. The molecule has 2 aromatic carbocycles. The van der Waals surface area contributed by atoms with Gasteiger partial charge in [-0.05, 0) is 17.9 Å². The van der Waals surface area contributed by atoms with Crippen molar-refractivity contribution in [1.29, 1.82) is 0 Å². The second-order valence-electron chi connectivity index (χ2n) is 14.8. The average Bonchev–Trinajstić information content (AvgIpc) is 3.72. The molecule has 4 saturated heterocycles. The van der Waals surface area contributed by atoms with Crippen LogP contribution in [-0.4, -0.2) is 75.8 Å². The fraction of sp³-hybridized carbons (Fsp3) is 0.543. The Balaban J connectivity index is 1.23. The summed E-state index contributed by atoms with van der Waals surface area (Å²) in [7, 11) is 0. The molecule has 4 heterocycles. The van der Waals surface area contributed by atoms with Crippen molar-refractivity contribution in [3.63, 3.8) is 0 Å². The van der Waals surface area contributed by atoms with Gasteiger partial charge in [0, 0.05) is 23.0 Å². The van der Waals surface area contributed by atoms with Crippen LogP contribution in [0, 0.1) is 34.0 Å². The molecule has 12 atom stereocenters. The highest BCUT2D eigenvalue weighted by Crippen LogP contribution is 2.86. The van der Waals surface area contributed by atoms with Crippen molar-refractivity contribution < 1.29 is 53.1 Å². The SMILES string of the molecule is C[C@@H]1C(=O)OC2[C@H](C)[C@]34C5OC(=O)C3(OC3OC(=O)[C@H](OCc6ccc(C(=O)c7ccccc7)cc6)C34[C@H](C(C)(C)C)[C@H]5O)[C@]21O. The third-order valence-corrected chi connectivity index (χ3v) is 12.0. The first-order valence-electron chi connectivity index (χ1n) is 15.7. The number of benzene rings is 2. The number of ketones is 1. The standard InChI is InChI=1S/C35H36O11/c1-16-24-34(41,17(2)27(38)43-24)35-29(40)44-25-22(37)23(31(3,4)5)32(33(16,25)35)26(28(39)45-30(32)46-35)42-15-18-11-13-20(14-12-18)21(36)19-9-7-6-8-10-19/h6-14,16-17,22-26,30,37,41H,15H2,1-5H3/t16-,17+,22+,23-,24?,25?,26-,30?,32?,33+,34+,35?/m0/s1. The minimum Gasteiger partial charge on any atom is -0.459 e. The van der Waals surface area contributed by atoms with Gasteiger partial charge in [-0.3, -0.25) is 9.59 Å². The van der Waals surface area contributed by atoms with Gasteiger partial charge in [0.2, 0.25) is 11.9 Å². The summed E-state index contributed by atoms with van der Waals surface area (Å²) in [6.07, 6.45) is -6.38. The molecule has 0 radical (unpaired) electrons. The number of rotatable bonds is 5. The number of carbonyl (C=O) groups excluding carboxylic acids is 4. The Morgan fingerprint density at radius 2 is 1.54 bits per heavy atom. The van der Waals surface area contributed by atoms with Crippen molar-refractivity contribution >= 4 is 23.7 Å². The van der Waals surface area contributed by atoms with Crippen molar-refractivity contribution in [2.45, 2.75) is 83.1 Å². The van der Waals surface area contributed by atoms with Crippen molar-refractivity contribution in [2.24, 2.45) is 34.0 Å². The molecule has 8 rings (SSSR count). The second kappa shape index (κ2) is 9.03. The smallest absolute Gasteiger partial charge is 0.343 e. The number of fused-ring (bicyclic) bond motifs is 1. The summed E-state index contributed by atoms with van der Waals surface area (Å²) in [6.45, 7) is 8.87. The molecule has 46 heavy (non-hydrogen) atoms. The number of carbonyl (C=O) groups is 4. The van der Waals surface area contributed by atoms with E-state index in [4.69, 9.17) is 23.7 Å². The first-order chi connectivity index (χ1) is 21.7. The molecule has 0 amide bonds. The fourth-order valence-electron chi connectivity index (χ4n) is 10.7. The van der Waals surface area contributed by atoms with Crippen molar-refractivity contribution in [2.75, 3.05) is 0 Å². The third kappa shape index (κ3) is 2.96. The highest BCUT2D eigenvalue weighted by atomic mass is 16.8. The van der Waals surface area contributed by atoms with Crippen molar-refractivity contribution in [1.82, 2.24) is 0 Å². The van der Waals surface area contributed by atoms with E-state index < -0.39 is 93.8 Å². The second-order valence-corrected chi connectivity index (χ2v) is 14.8. The van der Waals surface area contributed by atoms with Crippen LogP contribution in [0.2, 0.25) is 0 Å². The first-order valence-corrected chi connectivity index (χ1v) is 15.7. The predicted octanol–water partition coefficient (Wildman–Crippen LogP) is 2.33. The van der Waals surface area contributed by atoms with Gasteiger partial charge in [0.15, 0.2) is 17.5 Å². The molecule has 11 nitrogen and oxygen atoms in total. The molecule has 6 fully saturated rings. The predicted molar refractivity (Wildman–Crippen MR) is 155 cm³/mol. The Labute approximate surface area is 265 Å². The van der Waals surface area contributed by atoms with Crippen molar-refractivity contribution in [3.05, 3.63) is 71.3 Å². The summed E-state index contributed by atoms with van der Waals surface area (Å²) in [4.78, 5) is 53.7. The maximum absolute atomic E-state index is 14.1. The van der Waals surface area contributed by atoms with Gasteiger partial charge >= 0.3 is 17.9 Å². The molecule has 2 aromatic rings. The van der Waals surface area contributed by atoms with Crippen LogP contribution in [0.15, 0.2) is 54.6 Å². The monoisotopic (exact) mass is 632 g/mol. The van der Waals surface area contributed by atoms with Crippen LogP contribution in [-0.2, 0) is 44.7 Å². The van der Waals surface area contributed by atoms with E-state index in [1.807, 2.05) is 26.8 Å². The molecule has 11 heteroatoms. The van der Waals surface area contributed by atoms with Crippen LogP contribution in [0.3, 0.4) is 0 Å². The zero-order chi connectivity index (χ0) is 32.8. The zero-order valence-corrected chi connectivity index (χ0v) is 26.1. The van der Waals surface area contributed by atoms with E-state index in [1.54, 1.807) is 55.5 Å². The molecular weight excluding hydrogens is 596 g/mol. The van der Waals surface area contributed by atoms with Gasteiger partial charge < -0.3 is 33.9 Å². The van der Waals surface area contributed by atoms with E-state index in [1.165, 1.54) is 6.92 Å². The molecule has 2 spiro atoms.